The van der Waals surface area contributed by atoms with Crippen LogP contribution in [0.2, 0.25) is 0 Å². The Morgan fingerprint density at radius 2 is 1.76 bits per heavy atom. The van der Waals surface area contributed by atoms with Gasteiger partial charge in [-0.3, -0.25) is 10.1 Å². The van der Waals surface area contributed by atoms with Gasteiger partial charge in [-0.2, -0.15) is 0 Å². The molecular weight excluding hydrogens is 403 g/mol. The SMILES string of the molecule is Cc1cccc(N/C(Sc2ccccc2)=C(\C(Cl)=C(Cl)Cl)[N+](=O)[O-])c1. The maximum Gasteiger partial charge on any atom is 0.320 e. The molecule has 0 spiro atoms. The summed E-state index contributed by atoms with van der Waals surface area (Å²) in [5, 5.41) is 14.5. The zero-order chi connectivity index (χ0) is 18.4. The van der Waals surface area contributed by atoms with Crippen LogP contribution in [0.15, 0.2) is 79.7 Å². The molecule has 0 aromatic heterocycles. The Hall–Kier alpha value is -1.66. The first-order valence-corrected chi connectivity index (χ1v) is 9.00. The van der Waals surface area contributed by atoms with Crippen LogP contribution in [-0.4, -0.2) is 4.92 Å². The number of rotatable bonds is 6. The number of hydrogen-bond acceptors (Lipinski definition) is 4. The van der Waals surface area contributed by atoms with Crippen molar-refractivity contribution in [2.75, 3.05) is 5.32 Å². The highest BCUT2D eigenvalue weighted by atomic mass is 35.5. The second-order valence-electron chi connectivity index (χ2n) is 4.92. The summed E-state index contributed by atoms with van der Waals surface area (Å²) < 4.78 is -0.370. The maximum atomic E-state index is 11.6. The van der Waals surface area contributed by atoms with Crippen molar-refractivity contribution in [2.45, 2.75) is 11.8 Å². The van der Waals surface area contributed by atoms with E-state index in [4.69, 9.17) is 34.8 Å². The zero-order valence-corrected chi connectivity index (χ0v) is 16.1. The minimum absolute atomic E-state index is 0.214. The molecule has 8 heteroatoms. The summed E-state index contributed by atoms with van der Waals surface area (Å²) >= 11 is 18.5. The average Bonchev–Trinajstić information content (AvgIpc) is 2.55. The van der Waals surface area contributed by atoms with Crippen LogP contribution in [0, 0.1) is 17.0 Å². The molecular formula is C17H13Cl3N2O2S. The normalized spacial score (nSPS) is 11.5. The lowest BCUT2D eigenvalue weighted by molar-refractivity contribution is -0.420. The summed E-state index contributed by atoms with van der Waals surface area (Å²) in [7, 11) is 0. The van der Waals surface area contributed by atoms with Crippen LogP contribution in [0.1, 0.15) is 5.56 Å². The van der Waals surface area contributed by atoms with Gasteiger partial charge in [0, 0.05) is 10.6 Å². The minimum Gasteiger partial charge on any atom is -0.344 e. The second kappa shape index (κ2) is 9.15. The van der Waals surface area contributed by atoms with Crippen molar-refractivity contribution in [3.8, 4) is 0 Å². The van der Waals surface area contributed by atoms with E-state index in [0.29, 0.717) is 5.69 Å². The highest BCUT2D eigenvalue weighted by molar-refractivity contribution is 8.03. The van der Waals surface area contributed by atoms with E-state index in [2.05, 4.69) is 5.32 Å². The Bertz CT molecular complexity index is 835. The fraction of sp³-hybridized carbons (Fsp3) is 0.0588. The van der Waals surface area contributed by atoms with E-state index in [-0.39, 0.29) is 14.6 Å². The molecule has 130 valence electrons. The Morgan fingerprint density at radius 1 is 1.08 bits per heavy atom. The van der Waals surface area contributed by atoms with Crippen LogP contribution in [0.5, 0.6) is 0 Å². The van der Waals surface area contributed by atoms with E-state index in [0.717, 1.165) is 22.2 Å². The first-order valence-electron chi connectivity index (χ1n) is 7.05. The number of benzene rings is 2. The lowest BCUT2D eigenvalue weighted by Gasteiger charge is -2.12. The standard InChI is InChI=1S/C17H13Cl3N2O2S/c1-11-6-5-7-12(10-11)21-17(25-13-8-3-2-4-9-13)15(22(23)24)14(18)16(19)20/h2-10,21H,1H3/b17-15-. The third kappa shape index (κ3) is 5.68. The highest BCUT2D eigenvalue weighted by Crippen LogP contribution is 2.36. The van der Waals surface area contributed by atoms with Crippen molar-refractivity contribution in [1.82, 2.24) is 0 Å². The number of anilines is 1. The fourth-order valence-corrected chi connectivity index (χ4v) is 3.32. The van der Waals surface area contributed by atoms with Gasteiger partial charge in [-0.25, -0.2) is 0 Å². The monoisotopic (exact) mass is 414 g/mol. The maximum absolute atomic E-state index is 11.6. The third-order valence-electron chi connectivity index (χ3n) is 3.01. The number of thioether (sulfide) groups is 1. The second-order valence-corrected chi connectivity index (χ2v) is 7.33. The van der Waals surface area contributed by atoms with Crippen molar-refractivity contribution in [2.24, 2.45) is 0 Å². The molecule has 2 rings (SSSR count). The number of halogens is 3. The lowest BCUT2D eigenvalue weighted by atomic mass is 10.2. The molecule has 0 heterocycles. The quantitative estimate of drug-likeness (QED) is 0.252. The van der Waals surface area contributed by atoms with Gasteiger partial charge in [0.1, 0.15) is 4.49 Å². The topological polar surface area (TPSA) is 55.2 Å². The van der Waals surface area contributed by atoms with Crippen LogP contribution < -0.4 is 5.32 Å². The fourth-order valence-electron chi connectivity index (χ4n) is 1.95. The van der Waals surface area contributed by atoms with Gasteiger partial charge in [-0.05, 0) is 36.8 Å². The number of hydrogen-bond donors (Lipinski definition) is 1. The molecule has 0 aliphatic carbocycles. The first-order chi connectivity index (χ1) is 11.9. The predicted molar refractivity (Wildman–Crippen MR) is 106 cm³/mol. The Balaban J connectivity index is 2.55. The molecule has 0 fully saturated rings. The van der Waals surface area contributed by atoms with Crippen molar-refractivity contribution >= 4 is 52.3 Å². The molecule has 2 aromatic rings. The van der Waals surface area contributed by atoms with Crippen LogP contribution in [-0.2, 0) is 0 Å². The van der Waals surface area contributed by atoms with Crippen LogP contribution >= 0.6 is 46.6 Å². The number of nitrogens with zero attached hydrogens (tertiary/aromatic N) is 1. The molecule has 1 N–H and O–H groups in total. The number of nitro groups is 1. The Morgan fingerprint density at radius 3 is 2.32 bits per heavy atom. The summed E-state index contributed by atoms with van der Waals surface area (Å²) in [6.45, 7) is 1.93. The van der Waals surface area contributed by atoms with Crippen molar-refractivity contribution in [3.63, 3.8) is 0 Å². The van der Waals surface area contributed by atoms with E-state index in [9.17, 15) is 10.1 Å². The Labute approximate surface area is 164 Å². The first kappa shape index (κ1) is 19.7. The summed E-state index contributed by atoms with van der Waals surface area (Å²) in [6, 6.07) is 16.6. The van der Waals surface area contributed by atoms with Crippen LogP contribution in [0.25, 0.3) is 0 Å². The van der Waals surface area contributed by atoms with Gasteiger partial charge in [0.15, 0.2) is 10.1 Å². The van der Waals surface area contributed by atoms with E-state index in [1.807, 2.05) is 55.5 Å². The largest absolute Gasteiger partial charge is 0.344 e. The molecule has 0 amide bonds. The summed E-state index contributed by atoms with van der Waals surface area (Å²) in [6.07, 6.45) is 0. The van der Waals surface area contributed by atoms with Gasteiger partial charge in [-0.15, -0.1) is 0 Å². The smallest absolute Gasteiger partial charge is 0.320 e. The molecule has 0 saturated carbocycles. The van der Waals surface area contributed by atoms with E-state index < -0.39 is 10.6 Å². The average molecular weight is 416 g/mol. The number of allylic oxidation sites excluding steroid dienone is 1. The molecule has 2 aromatic carbocycles. The van der Waals surface area contributed by atoms with Crippen molar-refractivity contribution in [3.05, 3.63) is 90.5 Å². The number of nitrogens with one attached hydrogen (secondary N) is 1. The highest BCUT2D eigenvalue weighted by Gasteiger charge is 2.26. The lowest BCUT2D eigenvalue weighted by Crippen LogP contribution is -2.09. The van der Waals surface area contributed by atoms with Gasteiger partial charge in [0.25, 0.3) is 0 Å². The van der Waals surface area contributed by atoms with Crippen LogP contribution in [0.4, 0.5) is 5.69 Å². The van der Waals surface area contributed by atoms with Gasteiger partial charge in [0.05, 0.1) is 4.92 Å². The van der Waals surface area contributed by atoms with Gasteiger partial charge in [-0.1, -0.05) is 76.9 Å². The summed E-state index contributed by atoms with van der Waals surface area (Å²) in [5.74, 6) is 0. The van der Waals surface area contributed by atoms with E-state index in [1.54, 1.807) is 6.07 Å². The molecule has 0 saturated heterocycles. The predicted octanol–water partition coefficient (Wildman–Crippen LogP) is 6.53. The molecule has 4 nitrogen and oxygen atoms in total. The molecule has 0 aliphatic heterocycles. The molecule has 0 aliphatic rings. The minimum atomic E-state index is -0.610. The summed E-state index contributed by atoms with van der Waals surface area (Å²) in [4.78, 5) is 11.8. The van der Waals surface area contributed by atoms with Crippen molar-refractivity contribution < 1.29 is 4.92 Å². The van der Waals surface area contributed by atoms with Gasteiger partial charge in [0.2, 0.25) is 0 Å². The summed E-state index contributed by atoms with van der Waals surface area (Å²) in [5.41, 5.74) is 1.30. The molecule has 0 bridgehead atoms. The van der Waals surface area contributed by atoms with Gasteiger partial charge >= 0.3 is 5.70 Å². The van der Waals surface area contributed by atoms with E-state index >= 15 is 0 Å². The molecule has 0 radical (unpaired) electrons. The molecule has 0 atom stereocenters. The van der Waals surface area contributed by atoms with Gasteiger partial charge < -0.3 is 5.32 Å². The number of aryl methyl sites for hydroxylation is 1. The van der Waals surface area contributed by atoms with E-state index in [1.165, 1.54) is 0 Å². The van der Waals surface area contributed by atoms with Crippen LogP contribution in [0.3, 0.4) is 0 Å². The van der Waals surface area contributed by atoms with Crippen molar-refractivity contribution in [1.29, 1.82) is 0 Å². The third-order valence-corrected chi connectivity index (χ3v) is 4.96. The molecule has 25 heavy (non-hydrogen) atoms. The molecule has 0 unspecified atom stereocenters. The zero-order valence-electron chi connectivity index (χ0n) is 13.0. The Kier molecular flexibility index (Phi) is 7.20.